The second-order valence-electron chi connectivity index (χ2n) is 8.85. The van der Waals surface area contributed by atoms with E-state index in [0.717, 1.165) is 35.3 Å². The van der Waals surface area contributed by atoms with E-state index in [-0.39, 0.29) is 34.9 Å². The zero-order valence-electron chi connectivity index (χ0n) is 21.2. The maximum absolute atomic E-state index is 13.4. The Morgan fingerprint density at radius 1 is 1.28 bits per heavy atom. The predicted molar refractivity (Wildman–Crippen MR) is 144 cm³/mol. The minimum atomic E-state index is -0.879. The van der Waals surface area contributed by atoms with Crippen LogP contribution in [-0.2, 0) is 35.3 Å². The summed E-state index contributed by atoms with van der Waals surface area (Å²) in [5, 5.41) is 7.83. The third-order valence-corrected chi connectivity index (χ3v) is 8.46. The van der Waals surface area contributed by atoms with Gasteiger partial charge in [0.05, 0.1) is 13.2 Å². The Morgan fingerprint density at radius 2 is 2.08 bits per heavy atom. The van der Waals surface area contributed by atoms with Crippen LogP contribution in [0.2, 0.25) is 0 Å². The molecule has 3 aliphatic heterocycles. The topological polar surface area (TPSA) is 155 Å². The van der Waals surface area contributed by atoms with Gasteiger partial charge in [-0.3, -0.25) is 14.5 Å². The number of β-lactam (4-membered cyclic amide) rings is 1. The molecule has 14 heteroatoms. The number of thiazole rings is 1. The van der Waals surface area contributed by atoms with E-state index in [4.69, 9.17) is 24.8 Å². The first-order valence-electron chi connectivity index (χ1n) is 12.1. The van der Waals surface area contributed by atoms with E-state index in [1.165, 1.54) is 23.8 Å². The van der Waals surface area contributed by atoms with Gasteiger partial charge in [-0.25, -0.2) is 9.78 Å². The monoisotopic (exact) mass is 573 g/mol. The summed E-state index contributed by atoms with van der Waals surface area (Å²) < 4.78 is 16.7. The Balaban J connectivity index is 1.33. The molecule has 0 unspecified atom stereocenters. The van der Waals surface area contributed by atoms with Crippen LogP contribution in [-0.4, -0.2) is 77.5 Å². The summed E-state index contributed by atoms with van der Waals surface area (Å²) in [6, 6.07) is 6.28. The summed E-state index contributed by atoms with van der Waals surface area (Å²) in [6.07, 6.45) is 1.36. The number of fused-ring (bicyclic) bond motifs is 1. The summed E-state index contributed by atoms with van der Waals surface area (Å²) in [5.41, 5.74) is 7.52. The Kier molecular flexibility index (Phi) is 8.04. The van der Waals surface area contributed by atoms with Crippen molar-refractivity contribution in [1.29, 1.82) is 0 Å². The molecule has 2 saturated heterocycles. The number of oxime groups is 1. The Bertz CT molecular complexity index is 1320. The van der Waals surface area contributed by atoms with E-state index >= 15 is 0 Å². The first-order valence-corrected chi connectivity index (χ1v) is 14.1. The highest BCUT2D eigenvalue weighted by atomic mass is 32.2. The number of nitrogens with two attached hydrogens (primary N) is 1. The van der Waals surface area contributed by atoms with Crippen LogP contribution in [0.1, 0.15) is 24.1 Å². The first kappa shape index (κ1) is 27.0. The molecule has 3 aliphatic rings. The number of ether oxygens (including phenoxy) is 3. The third kappa shape index (κ3) is 5.44. The van der Waals surface area contributed by atoms with E-state index in [1.54, 1.807) is 36.8 Å². The highest BCUT2D eigenvalue weighted by molar-refractivity contribution is 8.00. The molecule has 0 saturated carbocycles. The Morgan fingerprint density at radius 3 is 2.72 bits per heavy atom. The van der Waals surface area contributed by atoms with Crippen LogP contribution < -0.4 is 15.8 Å². The Hall–Kier alpha value is -3.62. The number of methoxy groups -OCH3 is 1. The lowest BCUT2D eigenvalue weighted by Gasteiger charge is -2.50. The number of aromatic nitrogens is 1. The smallest absolute Gasteiger partial charge is 0.355 e. The molecule has 1 aromatic carbocycles. The normalized spacial score (nSPS) is 22.7. The molecule has 206 valence electrons. The summed E-state index contributed by atoms with van der Waals surface area (Å²) >= 11 is 2.60. The van der Waals surface area contributed by atoms with Gasteiger partial charge in [-0.2, -0.15) is 0 Å². The molecule has 2 fully saturated rings. The van der Waals surface area contributed by atoms with Crippen LogP contribution in [0, 0.1) is 0 Å². The van der Waals surface area contributed by atoms with Gasteiger partial charge in [0.2, 0.25) is 0 Å². The number of carbonyl (C=O) groups excluding carboxylic acids is 3. The highest BCUT2D eigenvalue weighted by Crippen LogP contribution is 2.43. The van der Waals surface area contributed by atoms with Crippen LogP contribution in [0.3, 0.4) is 0 Å². The third-order valence-electron chi connectivity index (χ3n) is 6.49. The van der Waals surface area contributed by atoms with Crippen LogP contribution in [0.15, 0.2) is 46.1 Å². The molecule has 12 nitrogen and oxygen atoms in total. The van der Waals surface area contributed by atoms with Gasteiger partial charge in [-0.1, -0.05) is 17.3 Å². The van der Waals surface area contributed by atoms with Gasteiger partial charge in [-0.15, -0.1) is 23.1 Å². The molecule has 0 radical (unpaired) electrons. The molecule has 2 aromatic rings. The van der Waals surface area contributed by atoms with E-state index in [0.29, 0.717) is 18.1 Å². The number of thioether (sulfide) groups is 1. The van der Waals surface area contributed by atoms with Crippen molar-refractivity contribution in [2.75, 3.05) is 32.3 Å². The standard InChI is InChI=1S/C25H27N5O7S2/c1-34-14-7-5-13(6-8-14)10-37-24(33)20-15(17-4-3-9-36-17)11-38-23-19(22(32)30(20)23)28-21(31)18(29-35-2)16-12-39-25(26)27-16/h5-8,12,17,19,23H,3-4,9-11H2,1-2H3,(H2,26,27)(H,28,31)/t17-,19-,23-/m1/s1. The number of esters is 1. The minimum Gasteiger partial charge on any atom is -0.497 e. The quantitative estimate of drug-likeness (QED) is 0.196. The largest absolute Gasteiger partial charge is 0.497 e. The molecule has 0 aliphatic carbocycles. The fourth-order valence-corrected chi connectivity index (χ4v) is 6.53. The molecule has 0 spiro atoms. The van der Waals surface area contributed by atoms with Crippen molar-refractivity contribution < 1.29 is 33.4 Å². The molecule has 2 amide bonds. The zero-order chi connectivity index (χ0) is 27.5. The summed E-state index contributed by atoms with van der Waals surface area (Å²) in [4.78, 5) is 50.1. The van der Waals surface area contributed by atoms with Crippen LogP contribution in [0.4, 0.5) is 5.13 Å². The van der Waals surface area contributed by atoms with Gasteiger partial charge in [-0.05, 0) is 36.1 Å². The number of nitrogens with one attached hydrogen (secondary N) is 1. The molecule has 3 N–H and O–H groups in total. The number of hydrogen-bond donors (Lipinski definition) is 2. The highest BCUT2D eigenvalue weighted by Gasteiger charge is 2.55. The molecule has 3 atom stereocenters. The maximum atomic E-state index is 13.4. The SMILES string of the molecule is CON=C(C(=O)N[C@@H]1C(=O)N2C(C(=O)OCc3ccc(OC)cc3)=C([C@H]3CCCO3)CS[C@H]12)c1csc(N)n1. The van der Waals surface area contributed by atoms with Gasteiger partial charge in [0, 0.05) is 17.7 Å². The summed E-state index contributed by atoms with van der Waals surface area (Å²) in [7, 11) is 2.88. The molecule has 1 aromatic heterocycles. The number of amides is 2. The summed E-state index contributed by atoms with van der Waals surface area (Å²) in [6.45, 7) is 0.616. The zero-order valence-corrected chi connectivity index (χ0v) is 22.9. The second kappa shape index (κ2) is 11.6. The van der Waals surface area contributed by atoms with Gasteiger partial charge in [0.25, 0.3) is 11.8 Å². The van der Waals surface area contributed by atoms with Crippen molar-refractivity contribution in [2.24, 2.45) is 5.16 Å². The van der Waals surface area contributed by atoms with Crippen molar-refractivity contribution in [3.05, 3.63) is 52.2 Å². The van der Waals surface area contributed by atoms with Crippen molar-refractivity contribution in [1.82, 2.24) is 15.2 Å². The van der Waals surface area contributed by atoms with Crippen LogP contribution >= 0.6 is 23.1 Å². The van der Waals surface area contributed by atoms with E-state index < -0.39 is 29.2 Å². The van der Waals surface area contributed by atoms with Crippen molar-refractivity contribution in [2.45, 2.75) is 37.0 Å². The number of rotatable bonds is 9. The van der Waals surface area contributed by atoms with Gasteiger partial charge in [0.15, 0.2) is 10.8 Å². The van der Waals surface area contributed by atoms with Gasteiger partial charge < -0.3 is 30.1 Å². The number of anilines is 1. The van der Waals surface area contributed by atoms with Crippen molar-refractivity contribution >= 4 is 51.7 Å². The number of nitrogens with zero attached hydrogens (tertiary/aromatic N) is 3. The van der Waals surface area contributed by atoms with Gasteiger partial charge >= 0.3 is 5.97 Å². The maximum Gasteiger partial charge on any atom is 0.355 e. The van der Waals surface area contributed by atoms with E-state index in [1.807, 2.05) is 0 Å². The lowest BCUT2D eigenvalue weighted by atomic mass is 9.99. The predicted octanol–water partition coefficient (Wildman–Crippen LogP) is 1.66. The molecule has 0 bridgehead atoms. The number of nitrogen functional groups attached to an aromatic ring is 1. The van der Waals surface area contributed by atoms with Crippen molar-refractivity contribution in [3.63, 3.8) is 0 Å². The first-order chi connectivity index (χ1) is 18.9. The Labute approximate surface area is 232 Å². The second-order valence-corrected chi connectivity index (χ2v) is 10.8. The average molecular weight is 574 g/mol. The number of carbonyl (C=O) groups is 3. The van der Waals surface area contributed by atoms with Crippen molar-refractivity contribution in [3.8, 4) is 5.75 Å². The fraction of sp³-hybridized carbons (Fsp3) is 0.400. The molecule has 5 rings (SSSR count). The molecular formula is C25H27N5O7S2. The van der Waals surface area contributed by atoms with Crippen LogP contribution in [0.25, 0.3) is 0 Å². The summed E-state index contributed by atoms with van der Waals surface area (Å²) in [5.74, 6) is -0.531. The lowest BCUT2D eigenvalue weighted by Crippen LogP contribution is -2.71. The molecule has 39 heavy (non-hydrogen) atoms. The minimum absolute atomic E-state index is 0.0265. The number of benzene rings is 1. The molecule has 4 heterocycles. The van der Waals surface area contributed by atoms with E-state index in [9.17, 15) is 14.4 Å². The van der Waals surface area contributed by atoms with Crippen LogP contribution in [0.5, 0.6) is 5.75 Å². The van der Waals surface area contributed by atoms with E-state index in [2.05, 4.69) is 15.5 Å². The lowest BCUT2D eigenvalue weighted by molar-refractivity contribution is -0.153. The number of hydrogen-bond acceptors (Lipinski definition) is 12. The van der Waals surface area contributed by atoms with Gasteiger partial charge in [0.1, 0.15) is 42.3 Å². The fourth-order valence-electron chi connectivity index (χ4n) is 4.57. The average Bonchev–Trinajstić information content (AvgIpc) is 3.64. The molecular weight excluding hydrogens is 546 g/mol.